The number of nitriles is 2. The number of nitrogens with zero attached hydrogens (tertiary/aromatic N) is 5. The Morgan fingerprint density at radius 3 is 2.41 bits per heavy atom. The molecule has 1 aromatic carbocycles. The summed E-state index contributed by atoms with van der Waals surface area (Å²) in [5.41, 5.74) is 3.58. The number of ether oxygens (including phenoxy) is 3. The molecule has 180 valence electrons. The first-order valence-corrected chi connectivity index (χ1v) is 11.6. The van der Waals surface area contributed by atoms with Crippen molar-refractivity contribution in [3.63, 3.8) is 0 Å². The average Bonchev–Trinajstić information content (AvgIpc) is 3.16. The lowest BCUT2D eigenvalue weighted by Gasteiger charge is -2.25. The van der Waals surface area contributed by atoms with E-state index in [1.165, 1.54) is 6.26 Å². The van der Waals surface area contributed by atoms with Crippen LogP contribution in [0.3, 0.4) is 0 Å². The maximum Gasteiger partial charge on any atom is 0.158 e. The van der Waals surface area contributed by atoms with Gasteiger partial charge in [0.1, 0.15) is 23.6 Å². The summed E-state index contributed by atoms with van der Waals surface area (Å²) < 4.78 is 16.1. The molecule has 34 heavy (non-hydrogen) atoms. The normalized spacial score (nSPS) is 10.7. The number of aliphatic hydroxyl groups is 1. The van der Waals surface area contributed by atoms with Crippen molar-refractivity contribution in [3.8, 4) is 12.1 Å². The molecular formula is C24H29N5O4S. The third kappa shape index (κ3) is 7.94. The van der Waals surface area contributed by atoms with Crippen LogP contribution in [0.4, 0.5) is 16.4 Å². The summed E-state index contributed by atoms with van der Waals surface area (Å²) in [7, 11) is 0. The Labute approximate surface area is 204 Å². The van der Waals surface area contributed by atoms with Crippen LogP contribution < -0.4 is 4.90 Å². The van der Waals surface area contributed by atoms with Crippen molar-refractivity contribution in [1.82, 2.24) is 0 Å². The van der Waals surface area contributed by atoms with Crippen LogP contribution in [-0.2, 0) is 14.2 Å². The summed E-state index contributed by atoms with van der Waals surface area (Å²) in [5, 5.41) is 36.5. The molecule has 1 aromatic heterocycles. The summed E-state index contributed by atoms with van der Waals surface area (Å²) in [6.45, 7) is 10.6. The Bertz CT molecular complexity index is 1050. The van der Waals surface area contributed by atoms with Crippen molar-refractivity contribution < 1.29 is 19.3 Å². The molecule has 10 heteroatoms. The van der Waals surface area contributed by atoms with E-state index in [1.54, 1.807) is 6.92 Å². The smallest absolute Gasteiger partial charge is 0.158 e. The number of hydrogen-bond donors (Lipinski definition) is 1. The minimum absolute atomic E-state index is 0.0155. The van der Waals surface area contributed by atoms with Gasteiger partial charge in [-0.25, -0.2) is 0 Å². The molecule has 2 rings (SSSR count). The second kappa shape index (κ2) is 14.8. The fraction of sp³-hybridized carbons (Fsp3) is 0.417. The van der Waals surface area contributed by atoms with Crippen LogP contribution in [0.5, 0.6) is 0 Å². The van der Waals surface area contributed by atoms with E-state index < -0.39 is 0 Å². The highest BCUT2D eigenvalue weighted by molar-refractivity contribution is 7.16. The van der Waals surface area contributed by atoms with Crippen molar-refractivity contribution in [1.29, 1.82) is 10.5 Å². The molecule has 0 fully saturated rings. The summed E-state index contributed by atoms with van der Waals surface area (Å²) in [6, 6.07) is 10.0. The Balaban J connectivity index is 2.12. The molecule has 2 aromatic rings. The van der Waals surface area contributed by atoms with Gasteiger partial charge in [-0.2, -0.15) is 10.5 Å². The third-order valence-electron chi connectivity index (χ3n) is 4.85. The Hall–Kier alpha value is -3.28. The molecule has 0 bridgehead atoms. The molecule has 0 saturated carbocycles. The lowest BCUT2D eigenvalue weighted by atomic mass is 10.1. The average molecular weight is 484 g/mol. The molecule has 9 nitrogen and oxygen atoms in total. The molecule has 1 heterocycles. The molecule has 1 N–H and O–H groups in total. The molecule has 0 unspecified atom stereocenters. The first kappa shape index (κ1) is 27.0. The minimum Gasteiger partial charge on any atom is -0.499 e. The molecule has 0 saturated heterocycles. The lowest BCUT2D eigenvalue weighted by Crippen LogP contribution is -2.31. The van der Waals surface area contributed by atoms with Crippen LogP contribution in [0, 0.1) is 36.5 Å². The van der Waals surface area contributed by atoms with Crippen LogP contribution >= 0.6 is 11.3 Å². The van der Waals surface area contributed by atoms with Gasteiger partial charge in [-0.1, -0.05) is 6.58 Å². The van der Waals surface area contributed by atoms with Crippen LogP contribution in [0.1, 0.15) is 21.6 Å². The van der Waals surface area contributed by atoms with E-state index in [1.807, 2.05) is 25.1 Å². The van der Waals surface area contributed by atoms with Gasteiger partial charge in [0.15, 0.2) is 5.00 Å². The molecule has 0 amide bonds. The van der Waals surface area contributed by atoms with Crippen molar-refractivity contribution >= 4 is 27.7 Å². The van der Waals surface area contributed by atoms with Gasteiger partial charge < -0.3 is 24.2 Å². The summed E-state index contributed by atoms with van der Waals surface area (Å²) in [5.74, 6) is 0. The number of hydrogen-bond acceptors (Lipinski definition) is 10. The summed E-state index contributed by atoms with van der Waals surface area (Å²) in [6.07, 6.45) is 1.39. The predicted octanol–water partition coefficient (Wildman–Crippen LogP) is 4.52. The number of aryl methyl sites for hydroxylation is 1. The molecule has 0 radical (unpaired) electrons. The Morgan fingerprint density at radius 1 is 1.06 bits per heavy atom. The topological polar surface area (TPSA) is 123 Å². The summed E-state index contributed by atoms with van der Waals surface area (Å²) in [4.78, 5) is 2.60. The van der Waals surface area contributed by atoms with Gasteiger partial charge >= 0.3 is 0 Å². The largest absolute Gasteiger partial charge is 0.499 e. The van der Waals surface area contributed by atoms with Gasteiger partial charge in [-0.15, -0.1) is 21.6 Å². The quantitative estimate of drug-likeness (QED) is 0.224. The summed E-state index contributed by atoms with van der Waals surface area (Å²) >= 11 is 1.16. The van der Waals surface area contributed by atoms with Crippen LogP contribution in [0.2, 0.25) is 0 Å². The fourth-order valence-electron chi connectivity index (χ4n) is 3.03. The zero-order valence-corrected chi connectivity index (χ0v) is 20.3. The first-order chi connectivity index (χ1) is 16.5. The molecule has 0 aliphatic carbocycles. The van der Waals surface area contributed by atoms with Gasteiger partial charge in [0.05, 0.1) is 50.5 Å². The number of benzene rings is 1. The molecule has 0 aliphatic heterocycles. The second-order valence-electron chi connectivity index (χ2n) is 7.10. The van der Waals surface area contributed by atoms with Gasteiger partial charge in [-0.3, -0.25) is 0 Å². The number of thiophene rings is 1. The van der Waals surface area contributed by atoms with E-state index in [0.717, 1.165) is 22.6 Å². The van der Waals surface area contributed by atoms with E-state index in [9.17, 15) is 10.5 Å². The van der Waals surface area contributed by atoms with Crippen LogP contribution in [0.25, 0.3) is 0 Å². The van der Waals surface area contributed by atoms with Crippen LogP contribution in [0.15, 0.2) is 41.3 Å². The molecular weight excluding hydrogens is 454 g/mol. The van der Waals surface area contributed by atoms with Gasteiger partial charge in [0.25, 0.3) is 0 Å². The van der Waals surface area contributed by atoms with E-state index >= 15 is 0 Å². The predicted molar refractivity (Wildman–Crippen MR) is 131 cm³/mol. The third-order valence-corrected chi connectivity index (χ3v) is 5.93. The highest BCUT2D eigenvalue weighted by atomic mass is 32.1. The number of azo groups is 1. The maximum absolute atomic E-state index is 9.39. The highest BCUT2D eigenvalue weighted by Crippen LogP contribution is 2.36. The number of anilines is 1. The lowest BCUT2D eigenvalue weighted by molar-refractivity contribution is 0.0842. The fourth-order valence-corrected chi connectivity index (χ4v) is 3.91. The van der Waals surface area contributed by atoms with Gasteiger partial charge in [-0.05, 0) is 43.2 Å². The maximum atomic E-state index is 9.39. The van der Waals surface area contributed by atoms with Crippen LogP contribution in [-0.4, -0.2) is 57.8 Å². The van der Waals surface area contributed by atoms with E-state index in [0.29, 0.717) is 72.8 Å². The van der Waals surface area contributed by atoms with E-state index in [-0.39, 0.29) is 6.61 Å². The van der Waals surface area contributed by atoms with E-state index in [4.69, 9.17) is 19.3 Å². The zero-order valence-electron chi connectivity index (χ0n) is 19.5. The second-order valence-corrected chi connectivity index (χ2v) is 8.10. The molecule has 0 aliphatic rings. The Kier molecular flexibility index (Phi) is 11.7. The highest BCUT2D eigenvalue weighted by Gasteiger charge is 2.15. The zero-order chi connectivity index (χ0) is 24.8. The molecule has 0 spiro atoms. The number of rotatable bonds is 15. The SMILES string of the molecule is C=COCCOCCN(CCOCCO)c1ccc(N=Nc2sc(C#N)c(C)c2C#N)c(C)c1. The number of aliphatic hydroxyl groups excluding tert-OH is 1. The van der Waals surface area contributed by atoms with Crippen molar-refractivity contribution in [2.75, 3.05) is 57.6 Å². The van der Waals surface area contributed by atoms with Gasteiger partial charge in [0, 0.05) is 18.8 Å². The van der Waals surface area contributed by atoms with Crippen molar-refractivity contribution in [2.45, 2.75) is 13.8 Å². The van der Waals surface area contributed by atoms with E-state index in [2.05, 4.69) is 33.8 Å². The van der Waals surface area contributed by atoms with Crippen molar-refractivity contribution in [3.05, 3.63) is 52.6 Å². The standard InChI is InChI=1S/C24H29N5O4S/c1-4-31-13-14-33-11-8-29(7-10-32-12-9-30)20-5-6-22(18(2)15-20)27-28-24-21(16-25)19(3)23(17-26)34-24/h4-6,15,30H,1,7-14H2,2-3H3. The minimum atomic E-state index is -0.0155. The Morgan fingerprint density at radius 2 is 1.79 bits per heavy atom. The molecule has 0 atom stereocenters. The first-order valence-electron chi connectivity index (χ1n) is 10.8. The monoisotopic (exact) mass is 483 g/mol. The van der Waals surface area contributed by atoms with Crippen molar-refractivity contribution in [2.24, 2.45) is 10.2 Å². The van der Waals surface area contributed by atoms with Gasteiger partial charge in [0.2, 0.25) is 0 Å².